The number of ether oxygens (including phenoxy) is 3. The van der Waals surface area contributed by atoms with Crippen LogP contribution < -0.4 is 14.2 Å². The zero-order valence-corrected chi connectivity index (χ0v) is 18.3. The Hall–Kier alpha value is -3.27. The van der Waals surface area contributed by atoms with Crippen LogP contribution in [0.5, 0.6) is 17.2 Å². The van der Waals surface area contributed by atoms with E-state index in [4.69, 9.17) is 14.2 Å². The largest absolute Gasteiger partial charge is 0.493 e. The van der Waals surface area contributed by atoms with E-state index in [1.165, 1.54) is 0 Å². The molecule has 2 aliphatic rings. The lowest BCUT2D eigenvalue weighted by atomic mass is 9.69. The Morgan fingerprint density at radius 2 is 1.71 bits per heavy atom. The number of benzene rings is 3. The van der Waals surface area contributed by atoms with Gasteiger partial charge in [0.1, 0.15) is 11.5 Å². The minimum atomic E-state index is -0.215. The van der Waals surface area contributed by atoms with Crippen LogP contribution in [0.4, 0.5) is 0 Å². The predicted molar refractivity (Wildman–Crippen MR) is 121 cm³/mol. The van der Waals surface area contributed by atoms with Crippen LogP contribution in [-0.2, 0) is 4.79 Å². The second kappa shape index (κ2) is 7.16. The molecule has 1 atom stereocenters. The highest BCUT2D eigenvalue weighted by molar-refractivity contribution is 6.02. The van der Waals surface area contributed by atoms with Crippen molar-refractivity contribution in [1.82, 2.24) is 0 Å². The van der Waals surface area contributed by atoms with Crippen LogP contribution in [0.25, 0.3) is 10.8 Å². The molecule has 0 spiro atoms. The fourth-order valence-electron chi connectivity index (χ4n) is 5.00. The summed E-state index contributed by atoms with van der Waals surface area (Å²) >= 11 is 0. The number of hydrogen-bond acceptors (Lipinski definition) is 4. The van der Waals surface area contributed by atoms with Gasteiger partial charge in [0.15, 0.2) is 17.3 Å². The van der Waals surface area contributed by atoms with Crippen molar-refractivity contribution in [3.8, 4) is 17.2 Å². The number of rotatable bonds is 3. The van der Waals surface area contributed by atoms with Gasteiger partial charge in [0, 0.05) is 29.9 Å². The molecule has 0 amide bonds. The van der Waals surface area contributed by atoms with Crippen molar-refractivity contribution < 1.29 is 19.0 Å². The van der Waals surface area contributed by atoms with Crippen LogP contribution in [0, 0.1) is 5.41 Å². The maximum Gasteiger partial charge on any atom is 0.163 e. The van der Waals surface area contributed by atoms with E-state index in [1.54, 1.807) is 14.2 Å². The summed E-state index contributed by atoms with van der Waals surface area (Å²) < 4.78 is 17.4. The van der Waals surface area contributed by atoms with Crippen molar-refractivity contribution in [2.24, 2.45) is 5.41 Å². The molecule has 1 aliphatic carbocycles. The summed E-state index contributed by atoms with van der Waals surface area (Å²) in [7, 11) is 3.26. The first-order valence-electron chi connectivity index (χ1n) is 10.6. The number of hydrogen-bond donors (Lipinski definition) is 0. The molecule has 4 heteroatoms. The van der Waals surface area contributed by atoms with Gasteiger partial charge in [0.2, 0.25) is 0 Å². The van der Waals surface area contributed by atoms with Gasteiger partial charge in [-0.2, -0.15) is 0 Å². The second-order valence-electron chi connectivity index (χ2n) is 9.13. The van der Waals surface area contributed by atoms with E-state index >= 15 is 0 Å². The lowest BCUT2D eigenvalue weighted by Gasteiger charge is -2.39. The van der Waals surface area contributed by atoms with E-state index in [0.29, 0.717) is 17.9 Å². The molecule has 5 rings (SSSR count). The summed E-state index contributed by atoms with van der Waals surface area (Å²) in [6.07, 6.45) is 1.25. The van der Waals surface area contributed by atoms with Crippen molar-refractivity contribution in [3.63, 3.8) is 0 Å². The molecule has 158 valence electrons. The Kier molecular flexibility index (Phi) is 4.54. The van der Waals surface area contributed by atoms with Crippen molar-refractivity contribution in [1.29, 1.82) is 0 Å². The minimum absolute atomic E-state index is 0.119. The first-order valence-corrected chi connectivity index (χ1v) is 10.6. The standard InChI is InChI=1S/C27H26O4/c1-27(2)14-19(28)26-23(15-27)31-21-12-9-16-7-5-6-8-18(16)25(21)24(26)17-10-11-20(29-3)22(13-17)30-4/h5-13,24H,14-15H2,1-4H3. The Morgan fingerprint density at radius 1 is 0.935 bits per heavy atom. The lowest BCUT2D eigenvalue weighted by Crippen LogP contribution is -2.33. The van der Waals surface area contributed by atoms with Gasteiger partial charge >= 0.3 is 0 Å². The third-order valence-electron chi connectivity index (χ3n) is 6.36. The summed E-state index contributed by atoms with van der Waals surface area (Å²) in [5.74, 6) is 2.88. The summed E-state index contributed by atoms with van der Waals surface area (Å²) in [6.45, 7) is 4.25. The summed E-state index contributed by atoms with van der Waals surface area (Å²) in [4.78, 5) is 13.5. The van der Waals surface area contributed by atoms with E-state index < -0.39 is 0 Å². The van der Waals surface area contributed by atoms with Crippen molar-refractivity contribution in [2.45, 2.75) is 32.6 Å². The van der Waals surface area contributed by atoms with Gasteiger partial charge in [-0.3, -0.25) is 4.79 Å². The fourth-order valence-corrected chi connectivity index (χ4v) is 5.00. The fraction of sp³-hybridized carbons (Fsp3) is 0.296. The number of allylic oxidation sites excluding steroid dienone is 2. The number of carbonyl (C=O) groups is 1. The molecule has 0 saturated heterocycles. The molecule has 0 radical (unpaired) electrons. The van der Waals surface area contributed by atoms with Crippen molar-refractivity contribution >= 4 is 16.6 Å². The average molecular weight is 415 g/mol. The smallest absolute Gasteiger partial charge is 0.163 e. The topological polar surface area (TPSA) is 44.8 Å². The van der Waals surface area contributed by atoms with Crippen LogP contribution in [0.1, 0.15) is 43.7 Å². The quantitative estimate of drug-likeness (QED) is 0.525. The van der Waals surface area contributed by atoms with Gasteiger partial charge in [-0.1, -0.05) is 50.2 Å². The zero-order valence-electron chi connectivity index (χ0n) is 18.3. The van der Waals surface area contributed by atoms with Gasteiger partial charge in [0.05, 0.1) is 14.2 Å². The third-order valence-corrected chi connectivity index (χ3v) is 6.36. The normalized spacial score (nSPS) is 19.5. The number of ketones is 1. The molecule has 0 fully saturated rings. The monoisotopic (exact) mass is 414 g/mol. The summed E-state index contributed by atoms with van der Waals surface area (Å²) in [5.41, 5.74) is 2.69. The minimum Gasteiger partial charge on any atom is -0.493 e. The molecule has 31 heavy (non-hydrogen) atoms. The first-order chi connectivity index (χ1) is 14.9. The van der Waals surface area contributed by atoms with Crippen LogP contribution in [0.2, 0.25) is 0 Å². The van der Waals surface area contributed by atoms with Gasteiger partial charge in [-0.15, -0.1) is 0 Å². The number of methoxy groups -OCH3 is 2. The SMILES string of the molecule is COc1ccc(C2C3=C(CC(C)(C)CC3=O)Oc3ccc4ccccc4c32)cc1OC. The second-order valence-corrected chi connectivity index (χ2v) is 9.13. The molecule has 1 unspecified atom stereocenters. The summed E-state index contributed by atoms with van der Waals surface area (Å²) in [6, 6.07) is 18.3. The highest BCUT2D eigenvalue weighted by Gasteiger charge is 2.42. The molecule has 3 aromatic rings. The Labute approximate surface area is 182 Å². The average Bonchev–Trinajstić information content (AvgIpc) is 2.76. The molecule has 0 aromatic heterocycles. The molecule has 0 N–H and O–H groups in total. The third kappa shape index (κ3) is 3.18. The summed E-state index contributed by atoms with van der Waals surface area (Å²) in [5, 5.41) is 2.23. The number of Topliss-reactive ketones (excluding diaryl/α,β-unsaturated/α-hetero) is 1. The molecule has 0 saturated carbocycles. The van der Waals surface area contributed by atoms with Crippen molar-refractivity contribution in [3.05, 3.63) is 77.1 Å². The van der Waals surface area contributed by atoms with E-state index in [9.17, 15) is 4.79 Å². The Morgan fingerprint density at radius 3 is 2.48 bits per heavy atom. The highest BCUT2D eigenvalue weighted by atomic mass is 16.5. The van der Waals surface area contributed by atoms with E-state index in [2.05, 4.69) is 32.0 Å². The van der Waals surface area contributed by atoms with E-state index in [-0.39, 0.29) is 17.1 Å². The Bertz CT molecular complexity index is 1240. The first kappa shape index (κ1) is 19.7. The molecule has 0 bridgehead atoms. The van der Waals surface area contributed by atoms with Crippen LogP contribution >= 0.6 is 0 Å². The Balaban J connectivity index is 1.80. The van der Waals surface area contributed by atoms with Gasteiger partial charge in [-0.05, 0) is 39.9 Å². The molecule has 3 aromatic carbocycles. The van der Waals surface area contributed by atoms with Gasteiger partial charge in [-0.25, -0.2) is 0 Å². The zero-order chi connectivity index (χ0) is 21.8. The van der Waals surface area contributed by atoms with Gasteiger partial charge < -0.3 is 14.2 Å². The number of fused-ring (bicyclic) bond motifs is 3. The molecule has 4 nitrogen and oxygen atoms in total. The van der Waals surface area contributed by atoms with Crippen molar-refractivity contribution in [2.75, 3.05) is 14.2 Å². The predicted octanol–water partition coefficient (Wildman–Crippen LogP) is 6.02. The molecule has 1 aliphatic heterocycles. The van der Waals surface area contributed by atoms with Crippen LogP contribution in [0.15, 0.2) is 65.9 Å². The maximum atomic E-state index is 13.5. The highest BCUT2D eigenvalue weighted by Crippen LogP contribution is 2.52. The maximum absolute atomic E-state index is 13.5. The molecular formula is C27H26O4. The van der Waals surface area contributed by atoms with Crippen LogP contribution in [-0.4, -0.2) is 20.0 Å². The lowest BCUT2D eigenvalue weighted by molar-refractivity contribution is -0.118. The van der Waals surface area contributed by atoms with Crippen LogP contribution in [0.3, 0.4) is 0 Å². The van der Waals surface area contributed by atoms with E-state index in [0.717, 1.165) is 45.4 Å². The van der Waals surface area contributed by atoms with E-state index in [1.807, 2.05) is 36.4 Å². The molecule has 1 heterocycles. The number of carbonyl (C=O) groups excluding carboxylic acids is 1. The van der Waals surface area contributed by atoms with Gasteiger partial charge in [0.25, 0.3) is 0 Å². The molecular weight excluding hydrogens is 388 g/mol.